The maximum Gasteiger partial charge on any atom is 0.396 e. The molecule has 0 spiro atoms. The van der Waals surface area contributed by atoms with Gasteiger partial charge in [-0.1, -0.05) is 0 Å². The summed E-state index contributed by atoms with van der Waals surface area (Å²) in [5.74, 6) is -3.19. The van der Waals surface area contributed by atoms with E-state index < -0.39 is 36.9 Å². The average molecular weight is 189 g/mol. The molecule has 1 fully saturated rings. The van der Waals surface area contributed by atoms with Crippen LogP contribution in [0, 0.1) is 5.41 Å². The summed E-state index contributed by atoms with van der Waals surface area (Å²) in [4.78, 5) is 0. The minimum Gasteiger partial charge on any atom is -0.330 e. The molecule has 0 saturated heterocycles. The number of hydrogen-bond acceptors (Lipinski definition) is 1. The van der Waals surface area contributed by atoms with E-state index in [0.717, 1.165) is 0 Å². The van der Waals surface area contributed by atoms with Crippen LogP contribution in [0.2, 0.25) is 0 Å². The highest BCUT2D eigenvalue weighted by atomic mass is 19.4. The van der Waals surface area contributed by atoms with Crippen LogP contribution in [0.3, 0.4) is 0 Å². The third-order valence-corrected chi connectivity index (χ3v) is 2.19. The van der Waals surface area contributed by atoms with Gasteiger partial charge in [0.25, 0.3) is 0 Å². The normalized spacial score (nSPS) is 26.5. The Kier molecular flexibility index (Phi) is 1.86. The summed E-state index contributed by atoms with van der Waals surface area (Å²) in [5.41, 5.74) is 2.49. The second-order valence-electron chi connectivity index (χ2n) is 3.19. The maximum absolute atomic E-state index is 12.2. The second-order valence-corrected chi connectivity index (χ2v) is 3.19. The third-order valence-electron chi connectivity index (χ3n) is 2.19. The highest BCUT2D eigenvalue weighted by Crippen LogP contribution is 2.59. The van der Waals surface area contributed by atoms with Crippen LogP contribution < -0.4 is 5.73 Å². The van der Waals surface area contributed by atoms with E-state index in [4.69, 9.17) is 5.73 Å². The Labute approximate surface area is 65.7 Å². The molecule has 1 nitrogen and oxygen atoms in total. The molecule has 1 aliphatic rings. The van der Waals surface area contributed by atoms with Crippen LogP contribution in [0.1, 0.15) is 12.8 Å². The van der Waals surface area contributed by atoms with Crippen molar-refractivity contribution in [2.24, 2.45) is 11.1 Å². The summed E-state index contributed by atoms with van der Waals surface area (Å²) in [6, 6.07) is 0. The van der Waals surface area contributed by atoms with E-state index in [2.05, 4.69) is 0 Å². The predicted octanol–water partition coefficient (Wildman–Crippen LogP) is 1.92. The van der Waals surface area contributed by atoms with Gasteiger partial charge in [0.15, 0.2) is 0 Å². The lowest BCUT2D eigenvalue weighted by atomic mass is 9.65. The molecule has 0 bridgehead atoms. The molecule has 0 aromatic heterocycles. The van der Waals surface area contributed by atoms with Crippen LogP contribution in [0.5, 0.6) is 0 Å². The van der Waals surface area contributed by atoms with Crippen LogP contribution in [-0.2, 0) is 0 Å². The number of rotatable bonds is 1. The average Bonchev–Trinajstić information content (AvgIpc) is 1.78. The van der Waals surface area contributed by atoms with E-state index in [1.165, 1.54) is 0 Å². The molecule has 1 aliphatic carbocycles. The first-order chi connectivity index (χ1) is 5.22. The summed E-state index contributed by atoms with van der Waals surface area (Å²) in [7, 11) is 0. The fourth-order valence-electron chi connectivity index (χ4n) is 1.40. The molecule has 0 aromatic carbocycles. The summed E-state index contributed by atoms with van der Waals surface area (Å²) < 4.78 is 60.6. The first-order valence-corrected chi connectivity index (χ1v) is 3.37. The van der Waals surface area contributed by atoms with Crippen molar-refractivity contribution in [3.8, 4) is 0 Å². The molecule has 72 valence electrons. The van der Waals surface area contributed by atoms with Gasteiger partial charge >= 0.3 is 6.18 Å². The SMILES string of the molecule is NCC1(C(F)(F)F)CC(F)(F)C1. The van der Waals surface area contributed by atoms with Crippen LogP contribution in [0.15, 0.2) is 0 Å². The Balaban J connectivity index is 2.72. The summed E-state index contributed by atoms with van der Waals surface area (Å²) in [6.45, 7) is -0.758. The van der Waals surface area contributed by atoms with Gasteiger partial charge in [-0.3, -0.25) is 0 Å². The van der Waals surface area contributed by atoms with Crippen molar-refractivity contribution in [2.45, 2.75) is 24.9 Å². The molecular weight excluding hydrogens is 181 g/mol. The molecule has 0 aliphatic heterocycles. The minimum atomic E-state index is -4.61. The second kappa shape index (κ2) is 2.31. The molecule has 0 radical (unpaired) electrons. The Hall–Kier alpha value is -0.390. The van der Waals surface area contributed by atoms with Gasteiger partial charge in [-0.15, -0.1) is 0 Å². The van der Waals surface area contributed by atoms with Crippen molar-refractivity contribution in [1.82, 2.24) is 0 Å². The maximum atomic E-state index is 12.2. The van der Waals surface area contributed by atoms with Gasteiger partial charge in [0.05, 0.1) is 5.41 Å². The van der Waals surface area contributed by atoms with Gasteiger partial charge in [0.1, 0.15) is 0 Å². The Morgan fingerprint density at radius 3 is 1.67 bits per heavy atom. The van der Waals surface area contributed by atoms with Crippen LogP contribution in [-0.4, -0.2) is 18.6 Å². The van der Waals surface area contributed by atoms with Crippen LogP contribution in [0.25, 0.3) is 0 Å². The number of nitrogens with two attached hydrogens (primary N) is 1. The highest BCUT2D eigenvalue weighted by molar-refractivity contribution is 5.03. The van der Waals surface area contributed by atoms with Gasteiger partial charge in [0, 0.05) is 19.4 Å². The van der Waals surface area contributed by atoms with Gasteiger partial charge in [-0.2, -0.15) is 13.2 Å². The molecule has 0 unspecified atom stereocenters. The molecule has 1 saturated carbocycles. The van der Waals surface area contributed by atoms with Gasteiger partial charge in [-0.05, 0) is 0 Å². The first-order valence-electron chi connectivity index (χ1n) is 3.37. The zero-order chi connectivity index (χ0) is 9.62. The lowest BCUT2D eigenvalue weighted by molar-refractivity contribution is -0.304. The number of alkyl halides is 5. The van der Waals surface area contributed by atoms with Crippen molar-refractivity contribution in [2.75, 3.05) is 6.54 Å². The van der Waals surface area contributed by atoms with Gasteiger partial charge in [-0.25, -0.2) is 8.78 Å². The van der Waals surface area contributed by atoms with Crippen molar-refractivity contribution in [3.63, 3.8) is 0 Å². The molecule has 0 amide bonds. The molecule has 12 heavy (non-hydrogen) atoms. The lowest BCUT2D eigenvalue weighted by Gasteiger charge is -2.47. The summed E-state index contributed by atoms with van der Waals surface area (Å²) in [5, 5.41) is 0. The van der Waals surface area contributed by atoms with Crippen LogP contribution in [0.4, 0.5) is 22.0 Å². The molecule has 2 N–H and O–H groups in total. The van der Waals surface area contributed by atoms with E-state index in [-0.39, 0.29) is 0 Å². The molecule has 1 rings (SSSR count). The van der Waals surface area contributed by atoms with E-state index >= 15 is 0 Å². The monoisotopic (exact) mass is 189 g/mol. The van der Waals surface area contributed by atoms with Crippen molar-refractivity contribution >= 4 is 0 Å². The summed E-state index contributed by atoms with van der Waals surface area (Å²) in [6.07, 6.45) is -6.94. The Bertz CT molecular complexity index is 177. The fourth-order valence-corrected chi connectivity index (χ4v) is 1.40. The van der Waals surface area contributed by atoms with Gasteiger partial charge < -0.3 is 5.73 Å². The third kappa shape index (κ3) is 1.28. The Morgan fingerprint density at radius 1 is 1.17 bits per heavy atom. The van der Waals surface area contributed by atoms with Crippen molar-refractivity contribution in [3.05, 3.63) is 0 Å². The fraction of sp³-hybridized carbons (Fsp3) is 1.00. The zero-order valence-corrected chi connectivity index (χ0v) is 6.09. The zero-order valence-electron chi connectivity index (χ0n) is 6.09. The molecule has 0 heterocycles. The quantitative estimate of drug-likeness (QED) is 0.626. The molecule has 6 heteroatoms. The number of halogens is 5. The van der Waals surface area contributed by atoms with E-state index in [1.54, 1.807) is 0 Å². The molecule has 0 atom stereocenters. The van der Waals surface area contributed by atoms with Crippen LogP contribution >= 0.6 is 0 Å². The topological polar surface area (TPSA) is 26.0 Å². The van der Waals surface area contributed by atoms with E-state index in [1.807, 2.05) is 0 Å². The first kappa shape index (κ1) is 9.70. The van der Waals surface area contributed by atoms with Gasteiger partial charge in [0.2, 0.25) is 5.92 Å². The molecular formula is C6H8F5N. The summed E-state index contributed by atoms with van der Waals surface area (Å²) >= 11 is 0. The highest BCUT2D eigenvalue weighted by Gasteiger charge is 2.68. The predicted molar refractivity (Wildman–Crippen MR) is 31.7 cm³/mol. The molecule has 0 aromatic rings. The standard InChI is InChI=1S/C6H8F5N/c7-5(8)1-4(2-5,3-12)6(9,10)11/h1-3,12H2. The lowest BCUT2D eigenvalue weighted by Crippen LogP contribution is -2.58. The minimum absolute atomic E-state index is 0.758. The van der Waals surface area contributed by atoms with E-state index in [9.17, 15) is 22.0 Å². The Morgan fingerprint density at radius 2 is 1.58 bits per heavy atom. The van der Waals surface area contributed by atoms with Crippen molar-refractivity contribution < 1.29 is 22.0 Å². The smallest absolute Gasteiger partial charge is 0.330 e. The largest absolute Gasteiger partial charge is 0.396 e. The van der Waals surface area contributed by atoms with E-state index in [0.29, 0.717) is 0 Å². The van der Waals surface area contributed by atoms with Crippen molar-refractivity contribution in [1.29, 1.82) is 0 Å². The number of hydrogen-bond donors (Lipinski definition) is 1.